The molecule has 1 aliphatic heterocycles. The molecule has 0 spiro atoms. The second kappa shape index (κ2) is 11.0. The molecule has 198 valence electrons. The molecule has 0 radical (unpaired) electrons. The van der Waals surface area contributed by atoms with E-state index < -0.39 is 10.9 Å². The molecule has 1 saturated heterocycles. The van der Waals surface area contributed by atoms with E-state index in [9.17, 15) is 29.8 Å². The van der Waals surface area contributed by atoms with E-state index in [2.05, 4.69) is 4.98 Å². The van der Waals surface area contributed by atoms with Crippen LogP contribution in [0.1, 0.15) is 38.2 Å². The first-order valence-electron chi connectivity index (χ1n) is 12.3. The van der Waals surface area contributed by atoms with Crippen LogP contribution >= 0.6 is 23.1 Å². The Morgan fingerprint density at radius 2 is 1.95 bits per heavy atom. The first-order valence-corrected chi connectivity index (χ1v) is 14.0. The minimum atomic E-state index is -0.800. The van der Waals surface area contributed by atoms with Crippen LogP contribution in [0.15, 0.2) is 51.2 Å². The number of nitriles is 1. The van der Waals surface area contributed by atoms with Gasteiger partial charge >= 0.3 is 5.97 Å². The van der Waals surface area contributed by atoms with E-state index in [1.807, 2.05) is 0 Å². The fourth-order valence-corrected chi connectivity index (χ4v) is 7.09. The molecular weight excluding hydrogens is 540 g/mol. The van der Waals surface area contributed by atoms with Crippen LogP contribution in [0.3, 0.4) is 0 Å². The van der Waals surface area contributed by atoms with Crippen molar-refractivity contribution in [3.63, 3.8) is 0 Å². The van der Waals surface area contributed by atoms with Crippen molar-refractivity contribution >= 4 is 68.5 Å². The molecule has 12 heteroatoms. The Labute approximate surface area is 231 Å². The predicted molar refractivity (Wildman–Crippen MR) is 145 cm³/mol. The van der Waals surface area contributed by atoms with Crippen molar-refractivity contribution in [3.05, 3.63) is 57.6 Å². The lowest BCUT2D eigenvalue weighted by molar-refractivity contribution is -0.387. The molecule has 2 atom stereocenters. The molecular formula is C27H22N4O6S2. The SMILES string of the molecule is CCOC(=O)/C(C#N)=C/c1ccc(Sc2nc3ccc(N4C(=O)[C@H]5CCCC[C@H]5C4=O)cc3s2)c([N+](=O)[O-])c1. The summed E-state index contributed by atoms with van der Waals surface area (Å²) in [4.78, 5) is 55.4. The summed E-state index contributed by atoms with van der Waals surface area (Å²) < 4.78 is 6.14. The van der Waals surface area contributed by atoms with E-state index >= 15 is 0 Å². The summed E-state index contributed by atoms with van der Waals surface area (Å²) in [6.07, 6.45) is 4.63. The molecule has 1 saturated carbocycles. The minimum Gasteiger partial charge on any atom is -0.462 e. The normalized spacial score (nSPS) is 19.2. The summed E-state index contributed by atoms with van der Waals surface area (Å²) in [5.74, 6) is -1.57. The summed E-state index contributed by atoms with van der Waals surface area (Å²) >= 11 is 2.42. The Morgan fingerprint density at radius 1 is 1.23 bits per heavy atom. The second-order valence-electron chi connectivity index (χ2n) is 9.12. The molecule has 2 aromatic carbocycles. The molecule has 3 aromatic rings. The first-order chi connectivity index (χ1) is 18.8. The van der Waals surface area contributed by atoms with E-state index in [0.717, 1.165) is 42.1 Å². The smallest absolute Gasteiger partial charge is 0.348 e. The van der Waals surface area contributed by atoms with Crippen molar-refractivity contribution in [1.29, 1.82) is 5.26 Å². The molecule has 2 aliphatic rings. The lowest BCUT2D eigenvalue weighted by Crippen LogP contribution is -2.30. The van der Waals surface area contributed by atoms with E-state index in [1.165, 1.54) is 34.4 Å². The molecule has 10 nitrogen and oxygen atoms in total. The molecule has 2 fully saturated rings. The van der Waals surface area contributed by atoms with E-state index in [-0.39, 0.29) is 41.5 Å². The van der Waals surface area contributed by atoms with Crippen LogP contribution in [0.4, 0.5) is 11.4 Å². The van der Waals surface area contributed by atoms with Crippen LogP contribution in [-0.4, -0.2) is 34.3 Å². The number of hydrogen-bond acceptors (Lipinski definition) is 10. The van der Waals surface area contributed by atoms with Gasteiger partial charge in [0.25, 0.3) is 5.69 Å². The van der Waals surface area contributed by atoms with Crippen LogP contribution < -0.4 is 4.90 Å². The van der Waals surface area contributed by atoms with Crippen molar-refractivity contribution in [2.45, 2.75) is 41.8 Å². The van der Waals surface area contributed by atoms with Crippen LogP contribution in [0, 0.1) is 33.3 Å². The monoisotopic (exact) mass is 562 g/mol. The number of esters is 1. The zero-order valence-corrected chi connectivity index (χ0v) is 22.4. The topological polar surface area (TPSA) is 144 Å². The molecule has 39 heavy (non-hydrogen) atoms. The summed E-state index contributed by atoms with van der Waals surface area (Å²) in [5, 5.41) is 21.1. The number of thiazole rings is 1. The minimum absolute atomic E-state index is 0.100. The number of rotatable bonds is 7. The third-order valence-electron chi connectivity index (χ3n) is 6.76. The van der Waals surface area contributed by atoms with Crippen LogP contribution in [0.5, 0.6) is 0 Å². The number of benzene rings is 2. The highest BCUT2D eigenvalue weighted by Gasteiger charge is 2.48. The number of fused-ring (bicyclic) bond motifs is 2. The predicted octanol–water partition coefficient (Wildman–Crippen LogP) is 5.51. The zero-order chi connectivity index (χ0) is 27.7. The average Bonchev–Trinajstić information content (AvgIpc) is 3.44. The van der Waals surface area contributed by atoms with Gasteiger partial charge in [-0.2, -0.15) is 5.26 Å². The molecule has 0 bridgehead atoms. The van der Waals surface area contributed by atoms with Crippen LogP contribution in [0.25, 0.3) is 16.3 Å². The molecule has 1 aromatic heterocycles. The van der Waals surface area contributed by atoms with Gasteiger partial charge in [0, 0.05) is 6.07 Å². The van der Waals surface area contributed by atoms with Crippen LogP contribution in [-0.2, 0) is 19.1 Å². The number of carbonyl (C=O) groups excluding carboxylic acids is 3. The number of nitro groups is 1. The maximum Gasteiger partial charge on any atom is 0.348 e. The fraction of sp³-hybridized carbons (Fsp3) is 0.296. The maximum absolute atomic E-state index is 13.0. The van der Waals surface area contributed by atoms with E-state index in [4.69, 9.17) is 4.74 Å². The Morgan fingerprint density at radius 3 is 2.59 bits per heavy atom. The number of imide groups is 1. The zero-order valence-electron chi connectivity index (χ0n) is 20.8. The summed E-state index contributed by atoms with van der Waals surface area (Å²) in [7, 11) is 0. The summed E-state index contributed by atoms with van der Waals surface area (Å²) in [6.45, 7) is 1.71. The Hall–Kier alpha value is -4.08. The number of ether oxygens (including phenoxy) is 1. The van der Waals surface area contributed by atoms with E-state index in [0.29, 0.717) is 26.0 Å². The van der Waals surface area contributed by atoms with Gasteiger partial charge in [0.2, 0.25) is 11.8 Å². The van der Waals surface area contributed by atoms with Crippen molar-refractivity contribution in [1.82, 2.24) is 4.98 Å². The van der Waals surface area contributed by atoms with Gasteiger partial charge in [-0.05, 0) is 55.7 Å². The molecule has 2 heterocycles. The van der Waals surface area contributed by atoms with Crippen molar-refractivity contribution < 1.29 is 24.0 Å². The molecule has 0 unspecified atom stereocenters. The average molecular weight is 563 g/mol. The van der Waals surface area contributed by atoms with Gasteiger partial charge in [0.05, 0.1) is 44.2 Å². The summed E-state index contributed by atoms with van der Waals surface area (Å²) in [5.41, 5.74) is 1.01. The summed E-state index contributed by atoms with van der Waals surface area (Å²) in [6, 6.07) is 11.4. The third kappa shape index (κ3) is 5.15. The van der Waals surface area contributed by atoms with Gasteiger partial charge in [-0.15, -0.1) is 11.3 Å². The van der Waals surface area contributed by atoms with Crippen molar-refractivity contribution in [3.8, 4) is 6.07 Å². The third-order valence-corrected chi connectivity index (χ3v) is 8.90. The quantitative estimate of drug-likeness (QED) is 0.0909. The van der Waals surface area contributed by atoms with Gasteiger partial charge in [-0.25, -0.2) is 9.78 Å². The number of carbonyl (C=O) groups is 3. The number of aromatic nitrogens is 1. The number of nitrogens with zero attached hydrogens (tertiary/aromatic N) is 4. The highest BCUT2D eigenvalue weighted by atomic mass is 32.2. The molecule has 2 amide bonds. The number of hydrogen-bond donors (Lipinski definition) is 0. The number of anilines is 1. The highest BCUT2D eigenvalue weighted by molar-refractivity contribution is 8.01. The maximum atomic E-state index is 13.0. The van der Waals surface area contributed by atoms with Crippen molar-refractivity contribution in [2.24, 2.45) is 11.8 Å². The van der Waals surface area contributed by atoms with Gasteiger partial charge in [0.15, 0.2) is 4.34 Å². The second-order valence-corrected chi connectivity index (χ2v) is 11.4. The standard InChI is InChI=1S/C27H22N4O6S2/c1-2-37-26(34)16(14-28)11-15-7-10-22(21(12-15)31(35)36)38-27-29-20-9-8-17(13-23(20)39-27)30-24(32)18-5-3-4-6-19(18)25(30)33/h7-13,18-19H,2-6H2,1H3/b16-11+/t18-,19+. The van der Waals surface area contributed by atoms with Gasteiger partial charge in [0.1, 0.15) is 11.6 Å². The largest absolute Gasteiger partial charge is 0.462 e. The van der Waals surface area contributed by atoms with Crippen molar-refractivity contribution in [2.75, 3.05) is 11.5 Å². The van der Waals surface area contributed by atoms with E-state index in [1.54, 1.807) is 37.3 Å². The first kappa shape index (κ1) is 26.5. The Balaban J connectivity index is 1.41. The Kier molecular flexibility index (Phi) is 7.45. The van der Waals surface area contributed by atoms with Gasteiger partial charge in [-0.1, -0.05) is 30.7 Å². The number of amides is 2. The molecule has 5 rings (SSSR count). The number of nitro benzene ring substituents is 1. The van der Waals surface area contributed by atoms with Gasteiger partial charge in [-0.3, -0.25) is 24.6 Å². The lowest BCUT2D eigenvalue weighted by atomic mass is 9.81. The highest BCUT2D eigenvalue weighted by Crippen LogP contribution is 2.43. The molecule has 1 aliphatic carbocycles. The van der Waals surface area contributed by atoms with Crippen LogP contribution in [0.2, 0.25) is 0 Å². The Bertz CT molecular complexity index is 1570. The van der Waals surface area contributed by atoms with Gasteiger partial charge < -0.3 is 4.74 Å². The lowest BCUT2D eigenvalue weighted by Gasteiger charge is -2.19. The fourth-order valence-electron chi connectivity index (χ4n) is 4.95. The molecule has 0 N–H and O–H groups in total.